The summed E-state index contributed by atoms with van der Waals surface area (Å²) < 4.78 is 10.4. The lowest BCUT2D eigenvalue weighted by Crippen LogP contribution is -2.14. The summed E-state index contributed by atoms with van der Waals surface area (Å²) in [5, 5.41) is 15.5. The third kappa shape index (κ3) is 4.04. The van der Waals surface area contributed by atoms with Crippen LogP contribution in [0.15, 0.2) is 50.4 Å². The number of hydrogen-bond acceptors (Lipinski definition) is 7. The van der Waals surface area contributed by atoms with Gasteiger partial charge in [0.25, 0.3) is 5.56 Å². The van der Waals surface area contributed by atoms with E-state index in [2.05, 4.69) is 30.1 Å². The van der Waals surface area contributed by atoms with Crippen LogP contribution in [0.1, 0.15) is 5.89 Å². The number of carbonyl (C=O) groups is 1. The van der Waals surface area contributed by atoms with Crippen LogP contribution >= 0.6 is 23.2 Å². The summed E-state index contributed by atoms with van der Waals surface area (Å²) >= 11 is 12.6. The van der Waals surface area contributed by atoms with Crippen molar-refractivity contribution in [2.45, 2.75) is 6.42 Å². The Kier molecular flexibility index (Phi) is 5.25. The largest absolute Gasteiger partial charge is 0.434 e. The predicted octanol–water partition coefficient (Wildman–Crippen LogP) is 2.88. The molecule has 0 saturated heterocycles. The van der Waals surface area contributed by atoms with Gasteiger partial charge in [0.15, 0.2) is 5.75 Å². The number of aromatic amines is 2. The molecule has 0 bridgehead atoms. The van der Waals surface area contributed by atoms with E-state index in [9.17, 15) is 14.4 Å². The topological polar surface area (TPSA) is 143 Å². The third-order valence-corrected chi connectivity index (χ3v) is 4.50. The number of anilines is 1. The Morgan fingerprint density at radius 3 is 2.43 bits per heavy atom. The van der Waals surface area contributed by atoms with Gasteiger partial charge in [-0.1, -0.05) is 35.3 Å². The van der Waals surface area contributed by atoms with Crippen LogP contribution in [-0.4, -0.2) is 26.3 Å². The van der Waals surface area contributed by atoms with Crippen molar-refractivity contribution in [3.05, 3.63) is 73.2 Å². The molecule has 2 heterocycles. The van der Waals surface area contributed by atoms with Crippen molar-refractivity contribution in [1.29, 1.82) is 0 Å². The molecule has 1 amide bonds. The number of halogens is 2. The van der Waals surface area contributed by atoms with Crippen molar-refractivity contribution in [3.8, 4) is 11.6 Å². The molecule has 0 fully saturated rings. The van der Waals surface area contributed by atoms with Crippen molar-refractivity contribution in [2.24, 2.45) is 0 Å². The van der Waals surface area contributed by atoms with Crippen LogP contribution in [0.25, 0.3) is 10.8 Å². The molecule has 0 spiro atoms. The molecule has 30 heavy (non-hydrogen) atoms. The minimum absolute atomic E-state index is 0.0642. The van der Waals surface area contributed by atoms with Gasteiger partial charge < -0.3 is 14.5 Å². The summed E-state index contributed by atoms with van der Waals surface area (Å²) in [6.07, 6.45) is -0.264. The fourth-order valence-corrected chi connectivity index (χ4v) is 3.24. The first kappa shape index (κ1) is 19.7. The van der Waals surface area contributed by atoms with Crippen molar-refractivity contribution in [2.75, 3.05) is 5.32 Å². The lowest BCUT2D eigenvalue weighted by Gasteiger charge is -2.12. The van der Waals surface area contributed by atoms with E-state index >= 15 is 0 Å². The molecule has 0 radical (unpaired) electrons. The minimum Gasteiger partial charge on any atom is -0.434 e. The molecule has 152 valence electrons. The van der Waals surface area contributed by atoms with Gasteiger partial charge in [0.1, 0.15) is 6.42 Å². The van der Waals surface area contributed by atoms with Crippen LogP contribution in [0, 0.1) is 0 Å². The molecular formula is C18H11Cl2N5O5. The molecule has 0 aliphatic carbocycles. The number of rotatable bonds is 5. The standard InChI is InChI=1S/C18H11Cl2N5O5/c19-11-5-8(21-13(26)7-14-22-25-18(28)29-14)6-12(20)15(11)30-17-10-4-2-1-3-9(10)16(27)23-24-17/h1-6H,7H2,(H,21,26)(H,23,27)(H,25,28). The Hall–Kier alpha value is -3.63. The monoisotopic (exact) mass is 447 g/mol. The summed E-state index contributed by atoms with van der Waals surface area (Å²) in [6, 6.07) is 9.61. The predicted molar refractivity (Wildman–Crippen MR) is 108 cm³/mol. The van der Waals surface area contributed by atoms with Gasteiger partial charge in [-0.3, -0.25) is 9.59 Å². The molecule has 4 rings (SSSR count). The van der Waals surface area contributed by atoms with Gasteiger partial charge in [-0.25, -0.2) is 15.0 Å². The number of nitrogens with zero attached hydrogens (tertiary/aromatic N) is 2. The third-order valence-electron chi connectivity index (χ3n) is 3.94. The maximum Gasteiger partial charge on any atom is 0.434 e. The molecule has 12 heteroatoms. The van der Waals surface area contributed by atoms with Crippen LogP contribution in [0.3, 0.4) is 0 Å². The number of hydrogen-bond donors (Lipinski definition) is 3. The number of amides is 1. The van der Waals surface area contributed by atoms with E-state index in [1.54, 1.807) is 24.3 Å². The van der Waals surface area contributed by atoms with E-state index in [0.29, 0.717) is 16.5 Å². The van der Waals surface area contributed by atoms with E-state index < -0.39 is 11.7 Å². The zero-order valence-corrected chi connectivity index (χ0v) is 16.4. The van der Waals surface area contributed by atoms with Crippen molar-refractivity contribution in [3.63, 3.8) is 0 Å². The summed E-state index contributed by atoms with van der Waals surface area (Å²) in [6.45, 7) is 0. The van der Waals surface area contributed by atoms with Crippen LogP contribution in [0.4, 0.5) is 5.69 Å². The Bertz CT molecular complexity index is 1350. The van der Waals surface area contributed by atoms with Gasteiger partial charge in [0, 0.05) is 5.69 Å². The fourth-order valence-electron chi connectivity index (χ4n) is 2.67. The molecule has 10 nitrogen and oxygen atoms in total. The smallest absolute Gasteiger partial charge is 0.434 e. The van der Waals surface area contributed by atoms with Crippen LogP contribution in [0.5, 0.6) is 11.6 Å². The molecule has 2 aromatic heterocycles. The quantitative estimate of drug-likeness (QED) is 0.426. The van der Waals surface area contributed by atoms with Crippen molar-refractivity contribution < 1.29 is 13.9 Å². The van der Waals surface area contributed by atoms with Gasteiger partial charge in [-0.2, -0.15) is 0 Å². The van der Waals surface area contributed by atoms with E-state index in [4.69, 9.17) is 27.9 Å². The summed E-state index contributed by atoms with van der Waals surface area (Å²) in [5.41, 5.74) is -0.0690. The maximum absolute atomic E-state index is 12.1. The Labute approximate surface area is 176 Å². The highest BCUT2D eigenvalue weighted by atomic mass is 35.5. The number of H-pyrrole nitrogens is 2. The number of nitrogens with one attached hydrogen (secondary N) is 3. The highest BCUT2D eigenvalue weighted by Crippen LogP contribution is 2.39. The van der Waals surface area contributed by atoms with Gasteiger partial charge in [0.05, 0.1) is 20.8 Å². The Morgan fingerprint density at radius 1 is 1.07 bits per heavy atom. The van der Waals surface area contributed by atoms with E-state index in [-0.39, 0.29) is 39.5 Å². The maximum atomic E-state index is 12.1. The zero-order chi connectivity index (χ0) is 21.3. The highest BCUT2D eigenvalue weighted by Gasteiger charge is 2.16. The van der Waals surface area contributed by atoms with Crippen LogP contribution in [-0.2, 0) is 11.2 Å². The lowest BCUT2D eigenvalue weighted by molar-refractivity contribution is -0.115. The minimum atomic E-state index is -0.756. The number of benzene rings is 2. The van der Waals surface area contributed by atoms with E-state index in [1.165, 1.54) is 12.1 Å². The van der Waals surface area contributed by atoms with Crippen molar-refractivity contribution in [1.82, 2.24) is 20.4 Å². The number of fused-ring (bicyclic) bond motifs is 1. The molecule has 0 saturated carbocycles. The first-order valence-corrected chi connectivity index (χ1v) is 9.15. The second kappa shape index (κ2) is 8.01. The molecule has 3 N–H and O–H groups in total. The molecule has 0 aliphatic heterocycles. The second-order valence-electron chi connectivity index (χ2n) is 6.01. The summed E-state index contributed by atoms with van der Waals surface area (Å²) in [4.78, 5) is 34.9. The van der Waals surface area contributed by atoms with Gasteiger partial charge >= 0.3 is 5.76 Å². The molecule has 0 aliphatic rings. The number of aromatic nitrogens is 4. The Balaban J connectivity index is 1.58. The molecule has 0 atom stereocenters. The molecule has 4 aromatic rings. The molecular weight excluding hydrogens is 437 g/mol. The molecule has 2 aromatic carbocycles. The summed E-state index contributed by atoms with van der Waals surface area (Å²) in [5.74, 6) is -1.11. The van der Waals surface area contributed by atoms with E-state index in [0.717, 1.165) is 0 Å². The second-order valence-corrected chi connectivity index (χ2v) is 6.82. The SMILES string of the molecule is O=C(Cc1n[nH]c(=O)o1)Nc1cc(Cl)c(Oc2n[nH]c(=O)c3ccccc23)c(Cl)c1. The normalized spacial score (nSPS) is 10.9. The first-order valence-electron chi connectivity index (χ1n) is 8.39. The zero-order valence-electron chi connectivity index (χ0n) is 14.9. The molecule has 0 unspecified atom stereocenters. The van der Waals surface area contributed by atoms with Gasteiger partial charge in [0.2, 0.25) is 17.7 Å². The average Bonchev–Trinajstić information content (AvgIpc) is 3.11. The van der Waals surface area contributed by atoms with Crippen LogP contribution in [0.2, 0.25) is 10.0 Å². The summed E-state index contributed by atoms with van der Waals surface area (Å²) in [7, 11) is 0. The lowest BCUT2D eigenvalue weighted by atomic mass is 10.2. The van der Waals surface area contributed by atoms with E-state index in [1.807, 2.05) is 0 Å². The van der Waals surface area contributed by atoms with Crippen LogP contribution < -0.4 is 21.4 Å². The Morgan fingerprint density at radius 2 is 1.77 bits per heavy atom. The first-order chi connectivity index (χ1) is 14.4. The van der Waals surface area contributed by atoms with Gasteiger partial charge in [-0.05, 0) is 24.3 Å². The van der Waals surface area contributed by atoms with Gasteiger partial charge in [-0.15, -0.1) is 10.2 Å². The number of carbonyl (C=O) groups excluding carboxylic acids is 1. The highest BCUT2D eigenvalue weighted by molar-refractivity contribution is 6.37. The number of ether oxygens (including phenoxy) is 1. The fraction of sp³-hybridized carbons (Fsp3) is 0.0556. The average molecular weight is 448 g/mol. The van der Waals surface area contributed by atoms with Crippen molar-refractivity contribution >= 4 is 45.6 Å².